The Labute approximate surface area is 63.3 Å². The van der Waals surface area contributed by atoms with Crippen LogP contribution in [0.25, 0.3) is 0 Å². The highest BCUT2D eigenvalue weighted by Gasteiger charge is 2.22. The van der Waals surface area contributed by atoms with Gasteiger partial charge in [0.15, 0.2) is 0 Å². The fourth-order valence-corrected chi connectivity index (χ4v) is 0.886. The average Bonchev–Trinajstić information content (AvgIpc) is 2.31. The van der Waals surface area contributed by atoms with Crippen LogP contribution in [0.4, 0.5) is 0 Å². The number of rotatable bonds is 3. The second kappa shape index (κ2) is 3.34. The summed E-state index contributed by atoms with van der Waals surface area (Å²) in [6, 6.07) is 0. The molecule has 1 saturated heterocycles. The highest BCUT2D eigenvalue weighted by molar-refractivity contribution is 5.78. The number of hydrogen-bond donors (Lipinski definition) is 2. The van der Waals surface area contributed by atoms with Gasteiger partial charge in [0.05, 0.1) is 12.5 Å². The lowest BCUT2D eigenvalue weighted by Gasteiger charge is -2.05. The van der Waals surface area contributed by atoms with Gasteiger partial charge in [-0.3, -0.25) is 4.79 Å². The molecule has 5 heteroatoms. The molecule has 5 nitrogen and oxygen atoms in total. The third kappa shape index (κ3) is 2.55. The number of nitrogens with one attached hydrogen (secondary N) is 1. The highest BCUT2D eigenvalue weighted by Crippen LogP contribution is 2.03. The van der Waals surface area contributed by atoms with E-state index >= 15 is 0 Å². The van der Waals surface area contributed by atoms with Crippen LogP contribution in [0.5, 0.6) is 0 Å². The molecule has 0 bridgehead atoms. The standard InChI is InChI=1S/C6H9NO4/c8-5-1-4(2-7-5)11-3-6(9)10/h4H,1-3H2,(H,7,8)(H,9,10). The number of aliphatic carboxylic acids is 1. The van der Waals surface area contributed by atoms with E-state index < -0.39 is 5.97 Å². The van der Waals surface area contributed by atoms with E-state index in [4.69, 9.17) is 9.84 Å². The van der Waals surface area contributed by atoms with E-state index in [9.17, 15) is 9.59 Å². The summed E-state index contributed by atoms with van der Waals surface area (Å²) in [5.74, 6) is -1.09. The van der Waals surface area contributed by atoms with E-state index in [1.807, 2.05) is 0 Å². The predicted molar refractivity (Wildman–Crippen MR) is 35.0 cm³/mol. The molecule has 1 aliphatic heterocycles. The van der Waals surface area contributed by atoms with Crippen molar-refractivity contribution in [2.75, 3.05) is 13.2 Å². The van der Waals surface area contributed by atoms with E-state index in [-0.39, 0.29) is 25.0 Å². The summed E-state index contributed by atoms with van der Waals surface area (Å²) in [5.41, 5.74) is 0. The lowest BCUT2D eigenvalue weighted by Crippen LogP contribution is -2.20. The lowest BCUT2D eigenvalue weighted by molar-refractivity contribution is -0.144. The topological polar surface area (TPSA) is 75.6 Å². The number of ether oxygens (including phenoxy) is 1. The molecule has 1 atom stereocenters. The number of amides is 1. The molecule has 11 heavy (non-hydrogen) atoms. The van der Waals surface area contributed by atoms with Crippen LogP contribution in [-0.4, -0.2) is 36.2 Å². The first kappa shape index (κ1) is 8.00. The first-order chi connectivity index (χ1) is 5.18. The molecule has 0 aromatic carbocycles. The van der Waals surface area contributed by atoms with Crippen LogP contribution in [0.15, 0.2) is 0 Å². The Morgan fingerprint density at radius 3 is 3.00 bits per heavy atom. The summed E-state index contributed by atoms with van der Waals surface area (Å²) >= 11 is 0. The van der Waals surface area contributed by atoms with Crippen LogP contribution in [0.2, 0.25) is 0 Å². The van der Waals surface area contributed by atoms with Crippen molar-refractivity contribution in [3.8, 4) is 0 Å². The Bertz CT molecular complexity index is 179. The smallest absolute Gasteiger partial charge is 0.329 e. The van der Waals surface area contributed by atoms with Gasteiger partial charge in [0, 0.05) is 6.54 Å². The van der Waals surface area contributed by atoms with Gasteiger partial charge in [-0.1, -0.05) is 0 Å². The van der Waals surface area contributed by atoms with Gasteiger partial charge in [-0.05, 0) is 0 Å². The molecule has 1 heterocycles. The molecule has 0 aliphatic carbocycles. The maximum Gasteiger partial charge on any atom is 0.329 e. The van der Waals surface area contributed by atoms with Gasteiger partial charge in [-0.15, -0.1) is 0 Å². The van der Waals surface area contributed by atoms with Crippen molar-refractivity contribution in [1.82, 2.24) is 5.32 Å². The number of carbonyl (C=O) groups is 2. The van der Waals surface area contributed by atoms with Gasteiger partial charge in [0.1, 0.15) is 6.61 Å². The summed E-state index contributed by atoms with van der Waals surface area (Å²) in [6.45, 7) is 0.0890. The van der Waals surface area contributed by atoms with Crippen LogP contribution in [0, 0.1) is 0 Å². The van der Waals surface area contributed by atoms with Crippen molar-refractivity contribution in [3.05, 3.63) is 0 Å². The van der Waals surface area contributed by atoms with Crippen molar-refractivity contribution in [2.45, 2.75) is 12.5 Å². The van der Waals surface area contributed by atoms with E-state index in [1.54, 1.807) is 0 Å². The highest BCUT2D eigenvalue weighted by atomic mass is 16.5. The molecule has 1 aliphatic rings. The minimum Gasteiger partial charge on any atom is -0.480 e. The second-order valence-corrected chi connectivity index (χ2v) is 2.33. The van der Waals surface area contributed by atoms with Crippen molar-refractivity contribution in [3.63, 3.8) is 0 Å². The minimum absolute atomic E-state index is 0.0830. The van der Waals surface area contributed by atoms with Gasteiger partial charge < -0.3 is 15.2 Å². The maximum atomic E-state index is 10.6. The van der Waals surface area contributed by atoms with Crippen LogP contribution in [-0.2, 0) is 14.3 Å². The van der Waals surface area contributed by atoms with Crippen LogP contribution < -0.4 is 5.32 Å². The Hall–Kier alpha value is -1.10. The fraction of sp³-hybridized carbons (Fsp3) is 0.667. The van der Waals surface area contributed by atoms with Gasteiger partial charge >= 0.3 is 5.97 Å². The largest absolute Gasteiger partial charge is 0.480 e. The van der Waals surface area contributed by atoms with Gasteiger partial charge in [-0.25, -0.2) is 4.79 Å². The normalized spacial score (nSPS) is 23.3. The third-order valence-corrected chi connectivity index (χ3v) is 1.38. The molecule has 0 spiro atoms. The Kier molecular flexibility index (Phi) is 2.43. The van der Waals surface area contributed by atoms with E-state index in [1.165, 1.54) is 0 Å². The van der Waals surface area contributed by atoms with Crippen LogP contribution in [0.1, 0.15) is 6.42 Å². The Balaban J connectivity index is 2.18. The van der Waals surface area contributed by atoms with Gasteiger partial charge in [-0.2, -0.15) is 0 Å². The van der Waals surface area contributed by atoms with Crippen molar-refractivity contribution in [1.29, 1.82) is 0 Å². The second-order valence-electron chi connectivity index (χ2n) is 2.33. The average molecular weight is 159 g/mol. The SMILES string of the molecule is O=C(O)COC1CNC(=O)C1. The zero-order valence-electron chi connectivity index (χ0n) is 5.87. The molecular formula is C6H9NO4. The molecule has 2 N–H and O–H groups in total. The van der Waals surface area contributed by atoms with Crippen LogP contribution >= 0.6 is 0 Å². The molecule has 0 aromatic rings. The molecular weight excluding hydrogens is 150 g/mol. The maximum absolute atomic E-state index is 10.6. The number of carboxylic acid groups (broad SMARTS) is 1. The zero-order chi connectivity index (χ0) is 8.27. The molecule has 1 fully saturated rings. The van der Waals surface area contributed by atoms with Gasteiger partial charge in [0.25, 0.3) is 0 Å². The van der Waals surface area contributed by atoms with Crippen molar-refractivity contribution < 1.29 is 19.4 Å². The zero-order valence-corrected chi connectivity index (χ0v) is 5.87. The fourth-order valence-electron chi connectivity index (χ4n) is 0.886. The summed E-state index contributed by atoms with van der Waals surface area (Å²) in [4.78, 5) is 20.6. The van der Waals surface area contributed by atoms with Gasteiger partial charge in [0.2, 0.25) is 5.91 Å². The molecule has 0 radical (unpaired) electrons. The predicted octanol–water partition coefficient (Wildman–Crippen LogP) is -1.02. The first-order valence-corrected chi connectivity index (χ1v) is 3.28. The molecule has 1 amide bonds. The summed E-state index contributed by atoms with van der Waals surface area (Å²) in [5, 5.41) is 10.7. The quantitative estimate of drug-likeness (QED) is 0.552. The van der Waals surface area contributed by atoms with Crippen molar-refractivity contribution in [2.24, 2.45) is 0 Å². The van der Waals surface area contributed by atoms with Crippen molar-refractivity contribution >= 4 is 11.9 Å². The lowest BCUT2D eigenvalue weighted by atomic mass is 10.3. The van der Waals surface area contributed by atoms with Crippen LogP contribution in [0.3, 0.4) is 0 Å². The van der Waals surface area contributed by atoms with E-state index in [0.29, 0.717) is 6.54 Å². The summed E-state index contributed by atoms with van der Waals surface area (Å²) in [7, 11) is 0. The molecule has 1 rings (SSSR count). The Morgan fingerprint density at radius 1 is 1.82 bits per heavy atom. The molecule has 62 valence electrons. The summed E-state index contributed by atoms with van der Waals surface area (Å²) < 4.78 is 4.85. The first-order valence-electron chi connectivity index (χ1n) is 3.28. The number of carboxylic acids is 1. The molecule has 0 aromatic heterocycles. The minimum atomic E-state index is -1.01. The molecule has 0 saturated carbocycles. The van der Waals surface area contributed by atoms with E-state index in [2.05, 4.69) is 5.32 Å². The number of carbonyl (C=O) groups excluding carboxylic acids is 1. The Morgan fingerprint density at radius 2 is 2.55 bits per heavy atom. The third-order valence-electron chi connectivity index (χ3n) is 1.38. The van der Waals surface area contributed by atoms with E-state index in [0.717, 1.165) is 0 Å². The molecule has 1 unspecified atom stereocenters. The number of hydrogen-bond acceptors (Lipinski definition) is 3. The monoisotopic (exact) mass is 159 g/mol. The summed E-state index contributed by atoms with van der Waals surface area (Å²) in [6.07, 6.45) is 0.00593.